The van der Waals surface area contributed by atoms with Crippen LogP contribution >= 0.6 is 23.2 Å². The molecule has 7 heteroatoms. The molecule has 1 N–H and O–H groups in total. The number of rotatable bonds is 4. The van der Waals surface area contributed by atoms with Gasteiger partial charge in [0.1, 0.15) is 6.04 Å². The van der Waals surface area contributed by atoms with E-state index in [4.69, 9.17) is 23.2 Å². The molecule has 0 unspecified atom stereocenters. The summed E-state index contributed by atoms with van der Waals surface area (Å²) in [4.78, 5) is 37.4. The van der Waals surface area contributed by atoms with Gasteiger partial charge in [-0.3, -0.25) is 14.5 Å². The lowest BCUT2D eigenvalue weighted by molar-refractivity contribution is -0.141. The van der Waals surface area contributed by atoms with E-state index in [-0.39, 0.29) is 22.6 Å². The molecule has 3 rings (SSSR count). The molecule has 2 aromatic carbocycles. The third-order valence-corrected chi connectivity index (χ3v) is 4.57. The molecule has 0 spiro atoms. The number of nitrogens with zero attached hydrogens (tertiary/aromatic N) is 1. The summed E-state index contributed by atoms with van der Waals surface area (Å²) in [6, 6.07) is 9.63. The molecule has 0 fully saturated rings. The van der Waals surface area contributed by atoms with Gasteiger partial charge in [0.15, 0.2) is 0 Å². The van der Waals surface area contributed by atoms with Crippen LogP contribution in [0.4, 0.5) is 0 Å². The number of amides is 2. The lowest BCUT2D eigenvalue weighted by Crippen LogP contribution is -2.46. The van der Waals surface area contributed by atoms with E-state index < -0.39 is 23.8 Å². The summed E-state index contributed by atoms with van der Waals surface area (Å²) in [6.45, 7) is 0. The Bertz CT molecular complexity index is 830. The number of hydrogen-bond acceptors (Lipinski definition) is 3. The van der Waals surface area contributed by atoms with Crippen molar-refractivity contribution in [1.29, 1.82) is 0 Å². The topological polar surface area (TPSA) is 74.7 Å². The van der Waals surface area contributed by atoms with Crippen molar-refractivity contribution in [2.24, 2.45) is 0 Å². The predicted octanol–water partition coefficient (Wildman–Crippen LogP) is 3.29. The van der Waals surface area contributed by atoms with Gasteiger partial charge in [-0.05, 0) is 29.8 Å². The van der Waals surface area contributed by atoms with Gasteiger partial charge < -0.3 is 5.11 Å². The minimum Gasteiger partial charge on any atom is -0.480 e. The molecule has 0 saturated carbocycles. The Morgan fingerprint density at radius 2 is 1.58 bits per heavy atom. The van der Waals surface area contributed by atoms with Gasteiger partial charge in [-0.15, -0.1) is 0 Å². The maximum absolute atomic E-state index is 12.5. The molecule has 0 aromatic heterocycles. The Morgan fingerprint density at radius 3 is 2.08 bits per heavy atom. The van der Waals surface area contributed by atoms with Crippen LogP contribution in [-0.2, 0) is 11.2 Å². The first kappa shape index (κ1) is 16.5. The second kappa shape index (κ2) is 6.26. The zero-order valence-corrected chi connectivity index (χ0v) is 13.7. The van der Waals surface area contributed by atoms with E-state index in [0.717, 1.165) is 4.90 Å². The average molecular weight is 364 g/mol. The molecule has 0 radical (unpaired) electrons. The summed E-state index contributed by atoms with van der Waals surface area (Å²) in [5.74, 6) is -2.48. The van der Waals surface area contributed by atoms with E-state index in [1.165, 1.54) is 18.2 Å². The molecule has 2 aromatic rings. The van der Waals surface area contributed by atoms with Gasteiger partial charge in [0.25, 0.3) is 11.8 Å². The van der Waals surface area contributed by atoms with Crippen LogP contribution in [0.1, 0.15) is 26.3 Å². The van der Waals surface area contributed by atoms with E-state index in [9.17, 15) is 19.5 Å². The minimum absolute atomic E-state index is 0.0578. The van der Waals surface area contributed by atoms with Crippen molar-refractivity contribution >= 4 is 41.0 Å². The third kappa shape index (κ3) is 2.77. The first-order chi connectivity index (χ1) is 11.4. The number of hydrogen-bond donors (Lipinski definition) is 1. The van der Waals surface area contributed by atoms with Crippen LogP contribution in [0.2, 0.25) is 10.0 Å². The van der Waals surface area contributed by atoms with Crippen molar-refractivity contribution in [3.05, 3.63) is 69.2 Å². The summed E-state index contributed by atoms with van der Waals surface area (Å²) >= 11 is 11.8. The monoisotopic (exact) mass is 363 g/mol. The van der Waals surface area contributed by atoms with Gasteiger partial charge >= 0.3 is 5.97 Å². The number of aliphatic carboxylic acids is 1. The van der Waals surface area contributed by atoms with Crippen LogP contribution in [0.25, 0.3) is 0 Å². The van der Waals surface area contributed by atoms with E-state index in [1.54, 1.807) is 24.3 Å². The minimum atomic E-state index is -1.32. The van der Waals surface area contributed by atoms with Crippen molar-refractivity contribution in [2.75, 3.05) is 0 Å². The Hall–Kier alpha value is -2.37. The molecule has 1 aliphatic rings. The fourth-order valence-electron chi connectivity index (χ4n) is 2.67. The van der Waals surface area contributed by atoms with E-state index in [0.29, 0.717) is 10.6 Å². The third-order valence-electron chi connectivity index (χ3n) is 3.84. The lowest BCUT2D eigenvalue weighted by atomic mass is 10.0. The fourth-order valence-corrected chi connectivity index (χ4v) is 2.99. The Morgan fingerprint density at radius 1 is 1.00 bits per heavy atom. The first-order valence-electron chi connectivity index (χ1n) is 7.04. The highest BCUT2D eigenvalue weighted by molar-refractivity contribution is 6.42. The van der Waals surface area contributed by atoms with Gasteiger partial charge in [-0.25, -0.2) is 4.79 Å². The van der Waals surface area contributed by atoms with E-state index in [1.807, 2.05) is 0 Å². The smallest absolute Gasteiger partial charge is 0.327 e. The van der Waals surface area contributed by atoms with Crippen LogP contribution < -0.4 is 0 Å². The Balaban J connectivity index is 1.95. The molecule has 1 aliphatic heterocycles. The lowest BCUT2D eigenvalue weighted by Gasteiger charge is -2.22. The molecular formula is C17H11Cl2NO4. The molecule has 5 nitrogen and oxygen atoms in total. The van der Waals surface area contributed by atoms with E-state index >= 15 is 0 Å². The number of carbonyl (C=O) groups excluding carboxylic acids is 2. The van der Waals surface area contributed by atoms with Gasteiger partial charge in [-0.2, -0.15) is 0 Å². The molecule has 0 aliphatic carbocycles. The van der Waals surface area contributed by atoms with Crippen molar-refractivity contribution in [1.82, 2.24) is 4.90 Å². The average Bonchev–Trinajstić information content (AvgIpc) is 2.80. The highest BCUT2D eigenvalue weighted by atomic mass is 35.5. The number of carboxylic acids is 1. The van der Waals surface area contributed by atoms with Gasteiger partial charge in [0.05, 0.1) is 21.2 Å². The van der Waals surface area contributed by atoms with Crippen molar-refractivity contribution in [3.8, 4) is 0 Å². The zero-order valence-electron chi connectivity index (χ0n) is 12.2. The second-order valence-electron chi connectivity index (χ2n) is 5.33. The molecule has 122 valence electrons. The molecule has 1 atom stereocenters. The zero-order chi connectivity index (χ0) is 17.4. The molecule has 2 amide bonds. The standard InChI is InChI=1S/C17H11Cl2NO4/c18-12-6-5-9(7-13(12)19)8-14(17(23)24)20-15(21)10-3-1-2-4-11(10)16(20)22/h1-7,14H,8H2,(H,23,24)/t14-/m0/s1. The number of carbonyl (C=O) groups is 3. The number of imide groups is 1. The highest BCUT2D eigenvalue weighted by Gasteiger charge is 2.42. The highest BCUT2D eigenvalue weighted by Crippen LogP contribution is 2.28. The van der Waals surface area contributed by atoms with Crippen LogP contribution in [0.5, 0.6) is 0 Å². The van der Waals surface area contributed by atoms with Crippen LogP contribution in [0, 0.1) is 0 Å². The van der Waals surface area contributed by atoms with Crippen molar-refractivity contribution in [2.45, 2.75) is 12.5 Å². The summed E-state index contributed by atoms with van der Waals surface area (Å²) in [5.41, 5.74) is 0.985. The van der Waals surface area contributed by atoms with E-state index in [2.05, 4.69) is 0 Å². The fraction of sp³-hybridized carbons (Fsp3) is 0.118. The largest absolute Gasteiger partial charge is 0.480 e. The molecule has 0 bridgehead atoms. The quantitative estimate of drug-likeness (QED) is 0.845. The molecule has 24 heavy (non-hydrogen) atoms. The second-order valence-corrected chi connectivity index (χ2v) is 6.15. The number of halogens is 2. The normalized spacial score (nSPS) is 14.7. The van der Waals surface area contributed by atoms with Gasteiger partial charge in [-0.1, -0.05) is 41.4 Å². The van der Waals surface area contributed by atoms with Crippen molar-refractivity contribution in [3.63, 3.8) is 0 Å². The number of carboxylic acid groups (broad SMARTS) is 1. The van der Waals surface area contributed by atoms with Gasteiger partial charge in [0, 0.05) is 6.42 Å². The first-order valence-corrected chi connectivity index (χ1v) is 7.79. The molecule has 0 saturated heterocycles. The SMILES string of the molecule is O=C(O)[C@H](Cc1ccc(Cl)c(Cl)c1)N1C(=O)c2ccccc2C1=O. The maximum Gasteiger partial charge on any atom is 0.327 e. The summed E-state index contributed by atoms with van der Waals surface area (Å²) in [5, 5.41) is 10.1. The van der Waals surface area contributed by atoms with Crippen LogP contribution in [0.3, 0.4) is 0 Å². The summed E-state index contributed by atoms with van der Waals surface area (Å²) < 4.78 is 0. The molecule has 1 heterocycles. The predicted molar refractivity (Wildman–Crippen MR) is 88.5 cm³/mol. The Kier molecular flexibility index (Phi) is 4.30. The number of fused-ring (bicyclic) bond motifs is 1. The van der Waals surface area contributed by atoms with Crippen LogP contribution in [-0.4, -0.2) is 33.8 Å². The summed E-state index contributed by atoms with van der Waals surface area (Å²) in [7, 11) is 0. The van der Waals surface area contributed by atoms with Gasteiger partial charge in [0.2, 0.25) is 0 Å². The maximum atomic E-state index is 12.5. The number of benzene rings is 2. The molecular weight excluding hydrogens is 353 g/mol. The van der Waals surface area contributed by atoms with Crippen LogP contribution in [0.15, 0.2) is 42.5 Å². The summed E-state index contributed by atoms with van der Waals surface area (Å²) in [6.07, 6.45) is -0.0578. The Labute approximate surface area is 147 Å². The van der Waals surface area contributed by atoms with Crippen molar-refractivity contribution < 1.29 is 19.5 Å².